The standard InChI is InChI=1S/C14H19NO3/c1-18-13-7-3-2-5-11(13)9-15-8-4-6-12(10-15)14(16)17/h2-3,5,7,12H,4,6,8-10H2,1H3,(H,16,17). The fourth-order valence-electron chi connectivity index (χ4n) is 2.48. The van der Waals surface area contributed by atoms with Crippen LogP contribution in [0.15, 0.2) is 24.3 Å². The first-order chi connectivity index (χ1) is 8.70. The minimum Gasteiger partial charge on any atom is -0.496 e. The Balaban J connectivity index is 2.02. The zero-order chi connectivity index (χ0) is 13.0. The number of carboxylic acids is 1. The Kier molecular flexibility index (Phi) is 4.20. The molecule has 1 N–H and O–H groups in total. The first-order valence-electron chi connectivity index (χ1n) is 6.27. The van der Waals surface area contributed by atoms with Crippen LogP contribution in [0, 0.1) is 5.92 Å². The Labute approximate surface area is 107 Å². The summed E-state index contributed by atoms with van der Waals surface area (Å²) in [6, 6.07) is 7.90. The number of nitrogens with zero attached hydrogens (tertiary/aromatic N) is 1. The second kappa shape index (κ2) is 5.87. The Hall–Kier alpha value is -1.55. The number of likely N-dealkylation sites (tertiary alicyclic amines) is 1. The average molecular weight is 249 g/mol. The molecule has 0 spiro atoms. The number of carbonyl (C=O) groups is 1. The molecule has 1 unspecified atom stereocenters. The summed E-state index contributed by atoms with van der Waals surface area (Å²) in [5.41, 5.74) is 1.12. The Morgan fingerprint density at radius 3 is 3.00 bits per heavy atom. The summed E-state index contributed by atoms with van der Waals surface area (Å²) in [6.07, 6.45) is 1.74. The predicted molar refractivity (Wildman–Crippen MR) is 68.6 cm³/mol. The van der Waals surface area contributed by atoms with Crippen LogP contribution in [0.2, 0.25) is 0 Å². The van der Waals surface area contributed by atoms with E-state index in [-0.39, 0.29) is 5.92 Å². The summed E-state index contributed by atoms with van der Waals surface area (Å²) in [5.74, 6) is -0.0388. The molecule has 0 aliphatic carbocycles. The molecule has 18 heavy (non-hydrogen) atoms. The maximum absolute atomic E-state index is 11.0. The van der Waals surface area contributed by atoms with Gasteiger partial charge in [0.05, 0.1) is 13.0 Å². The van der Waals surface area contributed by atoms with Crippen molar-refractivity contribution in [1.82, 2.24) is 4.90 Å². The lowest BCUT2D eigenvalue weighted by atomic mass is 9.98. The van der Waals surface area contributed by atoms with Crippen molar-refractivity contribution in [3.05, 3.63) is 29.8 Å². The lowest BCUT2D eigenvalue weighted by Gasteiger charge is -2.30. The van der Waals surface area contributed by atoms with E-state index in [9.17, 15) is 4.79 Å². The molecule has 98 valence electrons. The summed E-state index contributed by atoms with van der Waals surface area (Å²) in [5, 5.41) is 9.07. The van der Waals surface area contributed by atoms with Crippen molar-refractivity contribution in [2.45, 2.75) is 19.4 Å². The summed E-state index contributed by atoms with van der Waals surface area (Å²) in [4.78, 5) is 13.2. The van der Waals surface area contributed by atoms with Gasteiger partial charge in [0.1, 0.15) is 5.75 Å². The molecule has 4 heteroatoms. The molecule has 4 nitrogen and oxygen atoms in total. The zero-order valence-corrected chi connectivity index (χ0v) is 10.6. The van der Waals surface area contributed by atoms with Crippen molar-refractivity contribution >= 4 is 5.97 Å². The second-order valence-electron chi connectivity index (χ2n) is 4.72. The first kappa shape index (κ1) is 12.9. The van der Waals surface area contributed by atoms with Gasteiger partial charge in [-0.2, -0.15) is 0 Å². The molecule has 0 radical (unpaired) electrons. The normalized spacial score (nSPS) is 20.6. The highest BCUT2D eigenvalue weighted by molar-refractivity contribution is 5.70. The van der Waals surface area contributed by atoms with Gasteiger partial charge in [0.15, 0.2) is 0 Å². The smallest absolute Gasteiger partial charge is 0.307 e. The number of hydrogen-bond acceptors (Lipinski definition) is 3. The van der Waals surface area contributed by atoms with Gasteiger partial charge in [0.25, 0.3) is 0 Å². The van der Waals surface area contributed by atoms with Crippen LogP contribution in [-0.2, 0) is 11.3 Å². The number of rotatable bonds is 4. The minimum absolute atomic E-state index is 0.228. The molecular formula is C14H19NO3. The average Bonchev–Trinajstić information content (AvgIpc) is 2.39. The van der Waals surface area contributed by atoms with E-state index in [1.807, 2.05) is 24.3 Å². The van der Waals surface area contributed by atoms with E-state index in [2.05, 4.69) is 4.90 Å². The van der Waals surface area contributed by atoms with Crippen molar-refractivity contribution in [2.75, 3.05) is 20.2 Å². The van der Waals surface area contributed by atoms with Gasteiger partial charge in [-0.25, -0.2) is 0 Å². The quantitative estimate of drug-likeness (QED) is 0.886. The van der Waals surface area contributed by atoms with Gasteiger partial charge >= 0.3 is 5.97 Å². The third-order valence-electron chi connectivity index (χ3n) is 3.44. The molecule has 1 saturated heterocycles. The Morgan fingerprint density at radius 1 is 1.50 bits per heavy atom. The number of carboxylic acid groups (broad SMARTS) is 1. The number of benzene rings is 1. The van der Waals surface area contributed by atoms with E-state index in [0.29, 0.717) is 6.54 Å². The van der Waals surface area contributed by atoms with Crippen LogP contribution in [0.1, 0.15) is 18.4 Å². The SMILES string of the molecule is COc1ccccc1CN1CCCC(C(=O)O)C1. The monoisotopic (exact) mass is 249 g/mol. The largest absolute Gasteiger partial charge is 0.496 e. The van der Waals surface area contributed by atoms with E-state index in [1.165, 1.54) is 0 Å². The molecule has 1 aliphatic rings. The maximum atomic E-state index is 11.0. The van der Waals surface area contributed by atoms with E-state index < -0.39 is 5.97 Å². The molecule has 1 heterocycles. The van der Waals surface area contributed by atoms with Gasteiger partial charge in [-0.15, -0.1) is 0 Å². The van der Waals surface area contributed by atoms with Gasteiger partial charge < -0.3 is 9.84 Å². The molecule has 0 saturated carbocycles. The molecule has 1 aromatic rings. The van der Waals surface area contributed by atoms with Crippen LogP contribution >= 0.6 is 0 Å². The van der Waals surface area contributed by atoms with Gasteiger partial charge in [-0.1, -0.05) is 18.2 Å². The highest BCUT2D eigenvalue weighted by Crippen LogP contribution is 2.23. The van der Waals surface area contributed by atoms with Gasteiger partial charge in [0, 0.05) is 18.7 Å². The van der Waals surface area contributed by atoms with Gasteiger partial charge in [-0.05, 0) is 25.5 Å². The summed E-state index contributed by atoms with van der Waals surface area (Å²) >= 11 is 0. The Bertz CT molecular complexity index is 419. The molecule has 0 amide bonds. The lowest BCUT2D eigenvalue weighted by Crippen LogP contribution is -2.38. The molecule has 1 fully saturated rings. The molecule has 0 bridgehead atoms. The Morgan fingerprint density at radius 2 is 2.28 bits per heavy atom. The molecule has 1 atom stereocenters. The molecule has 2 rings (SSSR count). The maximum Gasteiger partial charge on any atom is 0.307 e. The van der Waals surface area contributed by atoms with Crippen molar-refractivity contribution < 1.29 is 14.6 Å². The van der Waals surface area contributed by atoms with Crippen LogP contribution in [0.3, 0.4) is 0 Å². The van der Waals surface area contributed by atoms with Gasteiger partial charge in [-0.3, -0.25) is 9.69 Å². The van der Waals surface area contributed by atoms with Crippen molar-refractivity contribution in [2.24, 2.45) is 5.92 Å². The fourth-order valence-corrected chi connectivity index (χ4v) is 2.48. The number of aliphatic carboxylic acids is 1. The number of para-hydroxylation sites is 1. The fraction of sp³-hybridized carbons (Fsp3) is 0.500. The number of piperidine rings is 1. The third-order valence-corrected chi connectivity index (χ3v) is 3.44. The third kappa shape index (κ3) is 3.01. The first-order valence-corrected chi connectivity index (χ1v) is 6.27. The summed E-state index contributed by atoms with van der Waals surface area (Å²) < 4.78 is 5.32. The summed E-state index contributed by atoms with van der Waals surface area (Å²) in [7, 11) is 1.66. The van der Waals surface area contributed by atoms with Crippen molar-refractivity contribution in [1.29, 1.82) is 0 Å². The number of methoxy groups -OCH3 is 1. The minimum atomic E-state index is -0.681. The molecule has 0 aromatic heterocycles. The molecule has 1 aliphatic heterocycles. The molecule has 1 aromatic carbocycles. The predicted octanol–water partition coefficient (Wildman–Crippen LogP) is 1.99. The van der Waals surface area contributed by atoms with Crippen LogP contribution in [-0.4, -0.2) is 36.2 Å². The van der Waals surface area contributed by atoms with Crippen LogP contribution < -0.4 is 4.74 Å². The highest BCUT2D eigenvalue weighted by Gasteiger charge is 2.25. The van der Waals surface area contributed by atoms with Crippen molar-refractivity contribution in [3.63, 3.8) is 0 Å². The van der Waals surface area contributed by atoms with E-state index >= 15 is 0 Å². The zero-order valence-electron chi connectivity index (χ0n) is 10.6. The van der Waals surface area contributed by atoms with E-state index in [0.717, 1.165) is 37.2 Å². The summed E-state index contributed by atoms with van der Waals surface area (Å²) in [6.45, 7) is 2.35. The van der Waals surface area contributed by atoms with Crippen LogP contribution in [0.25, 0.3) is 0 Å². The molecular weight excluding hydrogens is 230 g/mol. The number of ether oxygens (including phenoxy) is 1. The number of hydrogen-bond donors (Lipinski definition) is 1. The topological polar surface area (TPSA) is 49.8 Å². The van der Waals surface area contributed by atoms with E-state index in [4.69, 9.17) is 9.84 Å². The second-order valence-corrected chi connectivity index (χ2v) is 4.72. The van der Waals surface area contributed by atoms with Gasteiger partial charge in [0.2, 0.25) is 0 Å². The highest BCUT2D eigenvalue weighted by atomic mass is 16.5. The van der Waals surface area contributed by atoms with E-state index in [1.54, 1.807) is 7.11 Å². The van der Waals surface area contributed by atoms with Crippen molar-refractivity contribution in [3.8, 4) is 5.75 Å². The van der Waals surface area contributed by atoms with Crippen LogP contribution in [0.5, 0.6) is 5.75 Å². The lowest BCUT2D eigenvalue weighted by molar-refractivity contribution is -0.143. The van der Waals surface area contributed by atoms with Crippen LogP contribution in [0.4, 0.5) is 0 Å².